The number of anilines is 1. The number of methoxy groups -OCH3 is 1. The van der Waals surface area contributed by atoms with Crippen LogP contribution in [0.15, 0.2) is 41.8 Å². The summed E-state index contributed by atoms with van der Waals surface area (Å²) >= 11 is 13.6. The number of thiazole rings is 1. The van der Waals surface area contributed by atoms with Crippen molar-refractivity contribution in [3.05, 3.63) is 73.9 Å². The van der Waals surface area contributed by atoms with Gasteiger partial charge in [0.2, 0.25) is 10.0 Å². The summed E-state index contributed by atoms with van der Waals surface area (Å²) in [6.45, 7) is 1.67. The molecule has 3 aromatic rings. The van der Waals surface area contributed by atoms with Crippen molar-refractivity contribution in [2.24, 2.45) is 0 Å². The van der Waals surface area contributed by atoms with E-state index in [1.807, 2.05) is 0 Å². The van der Waals surface area contributed by atoms with Crippen LogP contribution in [0.3, 0.4) is 0 Å². The Morgan fingerprint density at radius 3 is 2.50 bits per heavy atom. The molecule has 32 heavy (non-hydrogen) atoms. The van der Waals surface area contributed by atoms with E-state index in [4.69, 9.17) is 27.9 Å². The van der Waals surface area contributed by atoms with Gasteiger partial charge in [-0.15, -0.1) is 11.3 Å². The SMILES string of the molecule is CCCS(=O)(=O)N(C(=O)c1csc(Cc2c(Cl)cccc2Cl)n1)c1ccc(OC)c(F)c1. The second-order valence-electron chi connectivity index (χ2n) is 6.71. The summed E-state index contributed by atoms with van der Waals surface area (Å²) in [5.41, 5.74) is 0.436. The highest BCUT2D eigenvalue weighted by Crippen LogP contribution is 2.30. The molecular weight excluding hydrogens is 498 g/mol. The normalized spacial score (nSPS) is 11.4. The summed E-state index contributed by atoms with van der Waals surface area (Å²) in [6.07, 6.45) is 0.549. The van der Waals surface area contributed by atoms with Crippen LogP contribution in [-0.2, 0) is 16.4 Å². The van der Waals surface area contributed by atoms with Crippen molar-refractivity contribution in [2.75, 3.05) is 17.2 Å². The van der Waals surface area contributed by atoms with Gasteiger partial charge in [0.15, 0.2) is 11.6 Å². The Bertz CT molecular complexity index is 1230. The van der Waals surface area contributed by atoms with Crippen LogP contribution in [0.5, 0.6) is 5.75 Å². The first-order valence-electron chi connectivity index (χ1n) is 9.46. The monoisotopic (exact) mass is 516 g/mol. The van der Waals surface area contributed by atoms with Gasteiger partial charge >= 0.3 is 0 Å². The highest BCUT2D eigenvalue weighted by atomic mass is 35.5. The lowest BCUT2D eigenvalue weighted by molar-refractivity contribution is 0.100. The zero-order valence-electron chi connectivity index (χ0n) is 17.1. The van der Waals surface area contributed by atoms with Crippen LogP contribution in [0.25, 0.3) is 0 Å². The van der Waals surface area contributed by atoms with E-state index in [0.29, 0.717) is 24.9 Å². The third kappa shape index (κ3) is 5.23. The predicted octanol–water partition coefficient (Wildman–Crippen LogP) is 5.58. The quantitative estimate of drug-likeness (QED) is 0.390. The average molecular weight is 517 g/mol. The number of carbonyl (C=O) groups excluding carboxylic acids is 1. The number of benzene rings is 2. The van der Waals surface area contributed by atoms with Gasteiger partial charge in [0.05, 0.1) is 23.6 Å². The predicted molar refractivity (Wildman–Crippen MR) is 125 cm³/mol. The Kier molecular flexibility index (Phi) is 7.76. The molecule has 0 radical (unpaired) electrons. The summed E-state index contributed by atoms with van der Waals surface area (Å²) in [5, 5.41) is 2.90. The third-order valence-electron chi connectivity index (χ3n) is 4.46. The molecule has 0 fully saturated rings. The summed E-state index contributed by atoms with van der Waals surface area (Å²) in [7, 11) is -2.78. The molecule has 0 aliphatic rings. The number of ether oxygens (including phenoxy) is 1. The largest absolute Gasteiger partial charge is 0.494 e. The Morgan fingerprint density at radius 1 is 1.22 bits per heavy atom. The highest BCUT2D eigenvalue weighted by molar-refractivity contribution is 7.93. The van der Waals surface area contributed by atoms with Gasteiger partial charge in [0.1, 0.15) is 5.69 Å². The van der Waals surface area contributed by atoms with Crippen molar-refractivity contribution in [3.8, 4) is 5.75 Å². The second-order valence-corrected chi connectivity index (χ2v) is 10.4. The maximum Gasteiger partial charge on any atom is 0.291 e. The molecule has 0 aliphatic carbocycles. The number of carbonyl (C=O) groups is 1. The summed E-state index contributed by atoms with van der Waals surface area (Å²) < 4.78 is 45.5. The first-order valence-corrected chi connectivity index (χ1v) is 12.7. The van der Waals surface area contributed by atoms with Gasteiger partial charge in [-0.3, -0.25) is 4.79 Å². The van der Waals surface area contributed by atoms with Gasteiger partial charge in [0.25, 0.3) is 5.91 Å². The third-order valence-corrected chi connectivity index (χ3v) is 7.87. The number of hydrogen-bond acceptors (Lipinski definition) is 6. The van der Waals surface area contributed by atoms with Gasteiger partial charge in [0, 0.05) is 27.9 Å². The van der Waals surface area contributed by atoms with Crippen molar-refractivity contribution in [1.29, 1.82) is 0 Å². The molecule has 0 spiro atoms. The molecule has 0 bridgehead atoms. The minimum absolute atomic E-state index is 0.0680. The van der Waals surface area contributed by atoms with Gasteiger partial charge < -0.3 is 4.74 Å². The van der Waals surface area contributed by atoms with Gasteiger partial charge in [-0.25, -0.2) is 22.1 Å². The molecule has 11 heteroatoms. The molecule has 0 unspecified atom stereocenters. The van der Waals surface area contributed by atoms with Crippen LogP contribution in [0.1, 0.15) is 34.4 Å². The van der Waals surface area contributed by atoms with Crippen molar-refractivity contribution >= 4 is 56.2 Å². The topological polar surface area (TPSA) is 76.6 Å². The molecule has 0 atom stereocenters. The van der Waals surface area contributed by atoms with E-state index >= 15 is 0 Å². The number of rotatable bonds is 8. The van der Waals surface area contributed by atoms with E-state index in [-0.39, 0.29) is 35.7 Å². The lowest BCUT2D eigenvalue weighted by atomic mass is 10.1. The fourth-order valence-electron chi connectivity index (χ4n) is 2.98. The molecule has 0 aliphatic heterocycles. The van der Waals surface area contributed by atoms with Crippen molar-refractivity contribution < 1.29 is 22.3 Å². The smallest absolute Gasteiger partial charge is 0.291 e. The molecule has 6 nitrogen and oxygen atoms in total. The van der Waals surface area contributed by atoms with Crippen molar-refractivity contribution in [3.63, 3.8) is 0 Å². The van der Waals surface area contributed by atoms with E-state index < -0.39 is 21.7 Å². The van der Waals surface area contributed by atoms with Crippen LogP contribution in [-0.4, -0.2) is 32.2 Å². The van der Waals surface area contributed by atoms with E-state index in [9.17, 15) is 17.6 Å². The molecule has 1 aromatic heterocycles. The maximum absolute atomic E-state index is 14.3. The fraction of sp³-hybridized carbons (Fsp3) is 0.238. The Balaban J connectivity index is 1.98. The number of amides is 1. The van der Waals surface area contributed by atoms with Gasteiger partial charge in [-0.2, -0.15) is 0 Å². The lowest BCUT2D eigenvalue weighted by Gasteiger charge is -2.22. The molecule has 170 valence electrons. The van der Waals surface area contributed by atoms with Crippen LogP contribution >= 0.6 is 34.5 Å². The van der Waals surface area contributed by atoms with Crippen LogP contribution in [0.2, 0.25) is 10.0 Å². The van der Waals surface area contributed by atoms with E-state index in [1.165, 1.54) is 36.0 Å². The zero-order valence-corrected chi connectivity index (χ0v) is 20.3. The fourth-order valence-corrected chi connectivity index (χ4v) is 5.77. The number of aromatic nitrogens is 1. The minimum Gasteiger partial charge on any atom is -0.494 e. The first-order chi connectivity index (χ1) is 15.2. The van der Waals surface area contributed by atoms with Crippen LogP contribution in [0, 0.1) is 5.82 Å². The number of nitrogens with zero attached hydrogens (tertiary/aromatic N) is 2. The van der Waals surface area contributed by atoms with Gasteiger partial charge in [-0.1, -0.05) is 36.2 Å². The Labute approximate surface area is 199 Å². The highest BCUT2D eigenvalue weighted by Gasteiger charge is 2.32. The Morgan fingerprint density at radius 2 is 1.91 bits per heavy atom. The standard InChI is InChI=1S/C21H19Cl2FN2O4S2/c1-3-9-32(28,29)26(13-7-8-19(30-2)17(24)10-13)21(27)18-12-31-20(25-18)11-14-15(22)5-4-6-16(14)23/h4-8,10,12H,3,9,11H2,1-2H3. The molecule has 1 heterocycles. The molecular formula is C21H19Cl2FN2O4S2. The second kappa shape index (κ2) is 10.2. The van der Waals surface area contributed by atoms with Crippen LogP contribution in [0.4, 0.5) is 10.1 Å². The molecule has 0 saturated heterocycles. The Hall–Kier alpha value is -2.20. The van der Waals surface area contributed by atoms with E-state index in [1.54, 1.807) is 25.1 Å². The molecule has 1 amide bonds. The number of halogens is 3. The first kappa shape index (κ1) is 24.4. The van der Waals surface area contributed by atoms with Gasteiger partial charge in [-0.05, 0) is 36.2 Å². The summed E-state index contributed by atoms with van der Waals surface area (Å²) in [6, 6.07) is 8.62. The minimum atomic E-state index is -4.07. The zero-order chi connectivity index (χ0) is 23.5. The lowest BCUT2D eigenvalue weighted by Crippen LogP contribution is -2.38. The molecule has 0 saturated carbocycles. The van der Waals surface area contributed by atoms with E-state index in [2.05, 4.69) is 4.98 Å². The molecule has 0 N–H and O–H groups in total. The summed E-state index contributed by atoms with van der Waals surface area (Å²) in [5.74, 6) is -2.03. The van der Waals surface area contributed by atoms with Crippen molar-refractivity contribution in [1.82, 2.24) is 4.98 Å². The summed E-state index contributed by atoms with van der Waals surface area (Å²) in [4.78, 5) is 17.5. The average Bonchev–Trinajstić information content (AvgIpc) is 3.19. The van der Waals surface area contributed by atoms with E-state index in [0.717, 1.165) is 6.07 Å². The maximum atomic E-state index is 14.3. The number of sulfonamides is 1. The molecule has 2 aromatic carbocycles. The van der Waals surface area contributed by atoms with Crippen molar-refractivity contribution in [2.45, 2.75) is 19.8 Å². The number of hydrogen-bond donors (Lipinski definition) is 0. The molecule has 3 rings (SSSR count). The van der Waals surface area contributed by atoms with Crippen LogP contribution < -0.4 is 9.04 Å².